The molecule has 1 aliphatic rings. The SMILES string of the molecule is CC(C)(C)N1SC(Cl)C(c2ccccc2)(c2ccccc2)C1=O. The fourth-order valence-corrected chi connectivity index (χ4v) is 4.87. The lowest BCUT2D eigenvalue weighted by atomic mass is 9.74. The summed E-state index contributed by atoms with van der Waals surface area (Å²) in [6, 6.07) is 19.7. The van der Waals surface area contributed by atoms with Crippen LogP contribution in [0, 0.1) is 0 Å². The van der Waals surface area contributed by atoms with Gasteiger partial charge in [0.05, 0.1) is 0 Å². The number of hydrogen-bond donors (Lipinski definition) is 0. The zero-order chi connectivity index (χ0) is 16.7. The van der Waals surface area contributed by atoms with E-state index in [9.17, 15) is 4.79 Å². The summed E-state index contributed by atoms with van der Waals surface area (Å²) in [5, 5.41) is 0. The molecule has 2 aromatic rings. The van der Waals surface area contributed by atoms with Crippen LogP contribution < -0.4 is 0 Å². The van der Waals surface area contributed by atoms with Gasteiger partial charge in [-0.1, -0.05) is 60.7 Å². The minimum absolute atomic E-state index is 0.0485. The molecule has 23 heavy (non-hydrogen) atoms. The van der Waals surface area contributed by atoms with E-state index in [2.05, 4.69) is 0 Å². The topological polar surface area (TPSA) is 20.3 Å². The summed E-state index contributed by atoms with van der Waals surface area (Å²) >= 11 is 8.23. The monoisotopic (exact) mass is 345 g/mol. The quantitative estimate of drug-likeness (QED) is 0.574. The van der Waals surface area contributed by atoms with Gasteiger partial charge in [-0.2, -0.15) is 0 Å². The maximum absolute atomic E-state index is 13.5. The third kappa shape index (κ3) is 2.56. The van der Waals surface area contributed by atoms with Crippen LogP contribution in [-0.4, -0.2) is 20.5 Å². The lowest BCUT2D eigenvalue weighted by Crippen LogP contribution is -2.47. The highest BCUT2D eigenvalue weighted by Crippen LogP contribution is 2.53. The van der Waals surface area contributed by atoms with Gasteiger partial charge in [0.2, 0.25) is 0 Å². The minimum Gasteiger partial charge on any atom is -0.279 e. The second-order valence-corrected chi connectivity index (χ2v) is 8.47. The molecule has 0 radical (unpaired) electrons. The van der Waals surface area contributed by atoms with Crippen LogP contribution in [0.4, 0.5) is 0 Å². The summed E-state index contributed by atoms with van der Waals surface area (Å²) in [7, 11) is 0. The second kappa shape index (κ2) is 5.88. The smallest absolute Gasteiger partial charge is 0.250 e. The van der Waals surface area contributed by atoms with Crippen molar-refractivity contribution in [3.63, 3.8) is 0 Å². The highest BCUT2D eigenvalue weighted by molar-refractivity contribution is 8.00. The first-order chi connectivity index (χ1) is 10.9. The minimum atomic E-state index is -0.859. The highest BCUT2D eigenvalue weighted by atomic mass is 35.5. The molecule has 3 rings (SSSR count). The van der Waals surface area contributed by atoms with Crippen LogP contribution in [0.2, 0.25) is 0 Å². The third-order valence-electron chi connectivity index (χ3n) is 4.13. The standard InChI is InChI=1S/C19H20ClNOS/c1-18(2,3)21-17(22)19(16(20)23-21,14-10-6-4-7-11-14)15-12-8-5-9-13-15/h4-13,16H,1-3H3. The van der Waals surface area contributed by atoms with E-state index < -0.39 is 5.41 Å². The fourth-order valence-electron chi connectivity index (χ4n) is 3.02. The molecule has 4 heteroatoms. The van der Waals surface area contributed by atoms with Crippen LogP contribution >= 0.6 is 23.5 Å². The van der Waals surface area contributed by atoms with E-state index in [0.29, 0.717) is 0 Å². The number of carbonyl (C=O) groups excluding carboxylic acids is 1. The van der Waals surface area contributed by atoms with Crippen LogP contribution in [-0.2, 0) is 10.2 Å². The molecule has 1 atom stereocenters. The molecule has 0 saturated carbocycles. The van der Waals surface area contributed by atoms with Gasteiger partial charge in [0.15, 0.2) is 0 Å². The molecule has 1 saturated heterocycles. The first-order valence-corrected chi connectivity index (χ1v) is 8.92. The lowest BCUT2D eigenvalue weighted by Gasteiger charge is -2.33. The molecular weight excluding hydrogens is 326 g/mol. The summed E-state index contributed by atoms with van der Waals surface area (Å²) in [5.41, 5.74) is 0.730. The van der Waals surface area contributed by atoms with E-state index in [1.807, 2.05) is 85.7 Å². The van der Waals surface area contributed by atoms with Gasteiger partial charge in [-0.3, -0.25) is 9.10 Å². The molecule has 1 unspecified atom stereocenters. The van der Waals surface area contributed by atoms with E-state index in [1.165, 1.54) is 11.9 Å². The summed E-state index contributed by atoms with van der Waals surface area (Å²) in [6.07, 6.45) is 0. The van der Waals surface area contributed by atoms with E-state index in [1.54, 1.807) is 0 Å². The fraction of sp³-hybridized carbons (Fsp3) is 0.316. The maximum atomic E-state index is 13.5. The predicted molar refractivity (Wildman–Crippen MR) is 97.5 cm³/mol. The Morgan fingerprint density at radius 3 is 1.74 bits per heavy atom. The molecule has 1 amide bonds. The van der Waals surface area contributed by atoms with Gasteiger partial charge < -0.3 is 0 Å². The van der Waals surface area contributed by atoms with Gasteiger partial charge in [0, 0.05) is 5.54 Å². The zero-order valence-electron chi connectivity index (χ0n) is 13.5. The molecule has 2 aromatic carbocycles. The van der Waals surface area contributed by atoms with Crippen LogP contribution in [0.3, 0.4) is 0 Å². The maximum Gasteiger partial charge on any atom is 0.250 e. The Morgan fingerprint density at radius 1 is 0.957 bits per heavy atom. The molecule has 1 heterocycles. The van der Waals surface area contributed by atoms with Gasteiger partial charge in [0.1, 0.15) is 10.1 Å². The van der Waals surface area contributed by atoms with E-state index in [-0.39, 0.29) is 16.2 Å². The highest BCUT2D eigenvalue weighted by Gasteiger charge is 2.58. The first kappa shape index (κ1) is 16.4. The summed E-state index contributed by atoms with van der Waals surface area (Å²) in [4.78, 5) is 13.5. The predicted octanol–water partition coefficient (Wildman–Crippen LogP) is 4.83. The second-order valence-electron chi connectivity index (χ2n) is 6.73. The molecule has 120 valence electrons. The number of halogens is 1. The van der Waals surface area contributed by atoms with Gasteiger partial charge >= 0.3 is 0 Å². The molecule has 0 N–H and O–H groups in total. The Kier molecular flexibility index (Phi) is 4.19. The molecule has 0 aliphatic carbocycles. The Bertz CT molecular complexity index is 657. The summed E-state index contributed by atoms with van der Waals surface area (Å²) in [6.45, 7) is 6.11. The Labute approximate surface area is 147 Å². The summed E-state index contributed by atoms with van der Waals surface area (Å²) in [5.74, 6) is 0.0485. The van der Waals surface area contributed by atoms with E-state index in [4.69, 9.17) is 11.6 Å². The Morgan fingerprint density at radius 2 is 1.39 bits per heavy atom. The zero-order valence-corrected chi connectivity index (χ0v) is 15.1. The largest absolute Gasteiger partial charge is 0.279 e. The van der Waals surface area contributed by atoms with Gasteiger partial charge in [-0.25, -0.2) is 0 Å². The van der Waals surface area contributed by atoms with E-state index in [0.717, 1.165) is 11.1 Å². The molecular formula is C19H20ClNOS. The number of benzene rings is 2. The van der Waals surface area contributed by atoms with Crippen molar-refractivity contribution in [2.45, 2.75) is 36.4 Å². The van der Waals surface area contributed by atoms with Crippen molar-refractivity contribution >= 4 is 29.5 Å². The average molecular weight is 346 g/mol. The lowest BCUT2D eigenvalue weighted by molar-refractivity contribution is -0.131. The normalized spacial score (nSPS) is 20.8. The number of carbonyl (C=O) groups is 1. The van der Waals surface area contributed by atoms with Crippen molar-refractivity contribution < 1.29 is 4.79 Å². The van der Waals surface area contributed by atoms with Crippen LogP contribution in [0.5, 0.6) is 0 Å². The van der Waals surface area contributed by atoms with Crippen LogP contribution in [0.1, 0.15) is 31.9 Å². The molecule has 1 fully saturated rings. The number of hydrogen-bond acceptors (Lipinski definition) is 2. The van der Waals surface area contributed by atoms with Crippen molar-refractivity contribution in [3.05, 3.63) is 71.8 Å². The van der Waals surface area contributed by atoms with Crippen molar-refractivity contribution in [2.24, 2.45) is 0 Å². The Hall–Kier alpha value is -1.45. The van der Waals surface area contributed by atoms with Crippen molar-refractivity contribution in [2.75, 3.05) is 0 Å². The molecule has 2 nitrogen and oxygen atoms in total. The molecule has 0 spiro atoms. The average Bonchev–Trinajstić information content (AvgIpc) is 2.81. The van der Waals surface area contributed by atoms with Crippen molar-refractivity contribution in [3.8, 4) is 0 Å². The number of alkyl halides is 1. The Balaban J connectivity index is 2.24. The summed E-state index contributed by atoms with van der Waals surface area (Å²) < 4.78 is 1.43. The van der Waals surface area contributed by atoms with Gasteiger partial charge in [-0.05, 0) is 43.8 Å². The van der Waals surface area contributed by atoms with E-state index >= 15 is 0 Å². The van der Waals surface area contributed by atoms with Crippen LogP contribution in [0.15, 0.2) is 60.7 Å². The number of rotatable bonds is 2. The van der Waals surface area contributed by atoms with Gasteiger partial charge in [0.25, 0.3) is 5.91 Å². The van der Waals surface area contributed by atoms with Crippen molar-refractivity contribution in [1.29, 1.82) is 0 Å². The first-order valence-electron chi connectivity index (χ1n) is 7.65. The van der Waals surface area contributed by atoms with Crippen LogP contribution in [0.25, 0.3) is 0 Å². The number of amides is 1. The third-order valence-corrected chi connectivity index (χ3v) is 6.16. The van der Waals surface area contributed by atoms with Gasteiger partial charge in [-0.15, -0.1) is 11.6 Å². The van der Waals surface area contributed by atoms with Crippen molar-refractivity contribution in [1.82, 2.24) is 4.31 Å². The number of nitrogens with zero attached hydrogens (tertiary/aromatic N) is 1. The molecule has 1 aliphatic heterocycles. The molecule has 0 aromatic heterocycles. The molecule has 0 bridgehead atoms.